The van der Waals surface area contributed by atoms with Crippen LogP contribution in [0.25, 0.3) is 0 Å². The van der Waals surface area contributed by atoms with Crippen molar-refractivity contribution < 1.29 is 0 Å². The van der Waals surface area contributed by atoms with Crippen LogP contribution in [0, 0.1) is 0 Å². The number of rotatable bonds is 5. The highest BCUT2D eigenvalue weighted by Gasteiger charge is 2.06. The Morgan fingerprint density at radius 2 is 2.09 bits per heavy atom. The lowest BCUT2D eigenvalue weighted by Crippen LogP contribution is -2.00. The van der Waals surface area contributed by atoms with E-state index in [-0.39, 0.29) is 0 Å². The summed E-state index contributed by atoms with van der Waals surface area (Å²) in [5.74, 6) is 0.703. The minimum atomic E-state index is 0.636. The van der Waals surface area contributed by atoms with E-state index in [0.29, 0.717) is 22.3 Å². The van der Waals surface area contributed by atoms with Crippen LogP contribution in [0.4, 0.5) is 0 Å². The van der Waals surface area contributed by atoms with Gasteiger partial charge in [0.05, 0.1) is 17.3 Å². The average molecular weight is 351 g/mol. The van der Waals surface area contributed by atoms with Crippen molar-refractivity contribution in [2.75, 3.05) is 0 Å². The van der Waals surface area contributed by atoms with Gasteiger partial charge in [0.2, 0.25) is 0 Å². The maximum absolute atomic E-state index is 6.15. The minimum Gasteiger partial charge on any atom is -0.264 e. The molecule has 1 aromatic carbocycles. The Morgan fingerprint density at radius 1 is 1.18 bits per heavy atom. The third-order valence-electron chi connectivity index (χ3n) is 2.92. The number of aromatic nitrogens is 4. The van der Waals surface area contributed by atoms with E-state index in [2.05, 4.69) is 15.3 Å². The number of thioether (sulfide) groups is 1. The molecule has 0 spiro atoms. The maximum atomic E-state index is 6.15. The molecule has 4 nitrogen and oxygen atoms in total. The van der Waals surface area contributed by atoms with E-state index in [9.17, 15) is 0 Å². The zero-order chi connectivity index (χ0) is 15.4. The average Bonchev–Trinajstić information content (AvgIpc) is 2.95. The number of hydrogen-bond acceptors (Lipinski definition) is 4. The Kier molecular flexibility index (Phi) is 4.97. The fourth-order valence-electron chi connectivity index (χ4n) is 1.90. The summed E-state index contributed by atoms with van der Waals surface area (Å²) in [6.45, 7) is 0.660. The summed E-state index contributed by atoms with van der Waals surface area (Å²) < 4.78 is 1.80. The first-order valence-electron chi connectivity index (χ1n) is 6.56. The molecule has 3 aromatic rings. The lowest BCUT2D eigenvalue weighted by atomic mass is 10.3. The summed E-state index contributed by atoms with van der Waals surface area (Å²) in [6, 6.07) is 9.40. The van der Waals surface area contributed by atoms with Crippen molar-refractivity contribution in [2.45, 2.75) is 17.2 Å². The van der Waals surface area contributed by atoms with Crippen molar-refractivity contribution in [3.63, 3.8) is 0 Å². The highest BCUT2D eigenvalue weighted by Crippen LogP contribution is 2.31. The lowest BCUT2D eigenvalue weighted by molar-refractivity contribution is 0.648. The highest BCUT2D eigenvalue weighted by atomic mass is 35.5. The van der Waals surface area contributed by atoms with Gasteiger partial charge in [-0.2, -0.15) is 0 Å². The molecule has 0 saturated heterocycles. The van der Waals surface area contributed by atoms with Gasteiger partial charge >= 0.3 is 0 Å². The summed E-state index contributed by atoms with van der Waals surface area (Å²) in [5, 5.41) is 9.60. The number of hydrogen-bond donors (Lipinski definition) is 0. The van der Waals surface area contributed by atoms with Gasteiger partial charge in [-0.05, 0) is 29.8 Å². The molecule has 0 aliphatic rings. The monoisotopic (exact) mass is 350 g/mol. The second-order valence-electron chi connectivity index (χ2n) is 4.63. The van der Waals surface area contributed by atoms with Gasteiger partial charge in [-0.15, -0.1) is 16.9 Å². The quantitative estimate of drug-likeness (QED) is 0.642. The van der Waals surface area contributed by atoms with E-state index in [1.807, 2.05) is 36.7 Å². The fraction of sp³-hybridized carbons (Fsp3) is 0.133. The molecule has 2 aromatic heterocycles. The van der Waals surface area contributed by atoms with E-state index in [0.717, 1.165) is 16.2 Å². The Labute approximate surface area is 142 Å². The molecule has 22 heavy (non-hydrogen) atoms. The maximum Gasteiger partial charge on any atom is 0.0929 e. The molecule has 0 unspecified atom stereocenters. The third kappa shape index (κ3) is 4.00. The molecule has 7 heteroatoms. The van der Waals surface area contributed by atoms with Crippen LogP contribution in [0.5, 0.6) is 0 Å². The largest absolute Gasteiger partial charge is 0.264 e. The van der Waals surface area contributed by atoms with Gasteiger partial charge in [0.15, 0.2) is 0 Å². The van der Waals surface area contributed by atoms with Crippen LogP contribution >= 0.6 is 35.0 Å². The van der Waals surface area contributed by atoms with Crippen LogP contribution in [0.3, 0.4) is 0 Å². The van der Waals surface area contributed by atoms with Crippen molar-refractivity contribution in [1.82, 2.24) is 20.0 Å². The molecule has 0 radical (unpaired) electrons. The fourth-order valence-corrected chi connectivity index (χ4v) is 3.27. The summed E-state index contributed by atoms with van der Waals surface area (Å²) in [5.41, 5.74) is 1.99. The predicted molar refractivity (Wildman–Crippen MR) is 89.4 cm³/mol. The Morgan fingerprint density at radius 3 is 2.86 bits per heavy atom. The van der Waals surface area contributed by atoms with Gasteiger partial charge in [-0.1, -0.05) is 34.5 Å². The van der Waals surface area contributed by atoms with Gasteiger partial charge in [0, 0.05) is 34.3 Å². The standard InChI is InChI=1S/C15H12Cl2N4S/c16-12-3-4-15(14(17)6-12)22-10-13-9-21(20-19-13)8-11-2-1-5-18-7-11/h1-7,9H,8,10H2. The molecular weight excluding hydrogens is 339 g/mol. The van der Waals surface area contributed by atoms with Gasteiger partial charge < -0.3 is 0 Å². The summed E-state index contributed by atoms with van der Waals surface area (Å²) in [4.78, 5) is 5.07. The molecule has 0 amide bonds. The molecule has 0 N–H and O–H groups in total. The second kappa shape index (κ2) is 7.13. The predicted octanol–water partition coefficient (Wildman–Crippen LogP) is 4.32. The minimum absolute atomic E-state index is 0.636. The first-order chi connectivity index (χ1) is 10.7. The van der Waals surface area contributed by atoms with E-state index >= 15 is 0 Å². The van der Waals surface area contributed by atoms with Crippen molar-refractivity contribution >= 4 is 35.0 Å². The Balaban J connectivity index is 1.62. The first kappa shape index (κ1) is 15.3. The third-order valence-corrected chi connectivity index (χ3v) is 4.69. The highest BCUT2D eigenvalue weighted by molar-refractivity contribution is 7.98. The van der Waals surface area contributed by atoms with Crippen LogP contribution in [-0.2, 0) is 12.3 Å². The van der Waals surface area contributed by atoms with Gasteiger partial charge in [0.25, 0.3) is 0 Å². The summed E-state index contributed by atoms with van der Waals surface area (Å²) in [6.07, 6.45) is 5.51. The smallest absolute Gasteiger partial charge is 0.0929 e. The van der Waals surface area contributed by atoms with Gasteiger partial charge in [-0.3, -0.25) is 4.98 Å². The molecule has 0 fully saturated rings. The van der Waals surface area contributed by atoms with Crippen molar-refractivity contribution in [1.29, 1.82) is 0 Å². The van der Waals surface area contributed by atoms with Crippen LogP contribution in [0.15, 0.2) is 53.8 Å². The van der Waals surface area contributed by atoms with Crippen LogP contribution in [0.1, 0.15) is 11.3 Å². The number of pyridine rings is 1. The molecule has 0 bridgehead atoms. The van der Waals surface area contributed by atoms with E-state index in [4.69, 9.17) is 23.2 Å². The molecule has 0 aliphatic heterocycles. The topological polar surface area (TPSA) is 43.6 Å². The summed E-state index contributed by atoms with van der Waals surface area (Å²) >= 11 is 13.7. The van der Waals surface area contributed by atoms with Crippen LogP contribution < -0.4 is 0 Å². The van der Waals surface area contributed by atoms with Gasteiger partial charge in [0.1, 0.15) is 0 Å². The zero-order valence-electron chi connectivity index (χ0n) is 11.5. The van der Waals surface area contributed by atoms with E-state index in [1.54, 1.807) is 28.7 Å². The summed E-state index contributed by atoms with van der Waals surface area (Å²) in [7, 11) is 0. The zero-order valence-corrected chi connectivity index (χ0v) is 13.8. The molecule has 0 saturated carbocycles. The molecular formula is C15H12Cl2N4S. The molecule has 0 aliphatic carbocycles. The number of halogens is 2. The number of benzene rings is 1. The second-order valence-corrected chi connectivity index (χ2v) is 6.49. The van der Waals surface area contributed by atoms with Crippen LogP contribution in [-0.4, -0.2) is 20.0 Å². The van der Waals surface area contributed by atoms with Crippen molar-refractivity contribution in [3.05, 3.63) is 70.2 Å². The molecule has 0 atom stereocenters. The molecule has 2 heterocycles. The lowest BCUT2D eigenvalue weighted by Gasteiger charge is -2.02. The Hall–Kier alpha value is -1.56. The number of nitrogens with zero attached hydrogens (tertiary/aromatic N) is 4. The van der Waals surface area contributed by atoms with Crippen LogP contribution in [0.2, 0.25) is 10.0 Å². The van der Waals surface area contributed by atoms with Crippen molar-refractivity contribution in [3.8, 4) is 0 Å². The van der Waals surface area contributed by atoms with Gasteiger partial charge in [-0.25, -0.2) is 4.68 Å². The Bertz CT molecular complexity index is 761. The van der Waals surface area contributed by atoms with E-state index < -0.39 is 0 Å². The van der Waals surface area contributed by atoms with E-state index in [1.165, 1.54) is 0 Å². The SMILES string of the molecule is Clc1ccc(SCc2cn(Cc3cccnc3)nn2)c(Cl)c1. The molecule has 112 valence electrons. The first-order valence-corrected chi connectivity index (χ1v) is 8.30. The normalized spacial score (nSPS) is 10.8. The molecule has 3 rings (SSSR count). The van der Waals surface area contributed by atoms with Crippen molar-refractivity contribution in [2.24, 2.45) is 0 Å².